The van der Waals surface area contributed by atoms with Crippen molar-refractivity contribution in [1.29, 1.82) is 0 Å². The maximum atomic E-state index is 11.2. The van der Waals surface area contributed by atoms with Crippen molar-refractivity contribution in [3.63, 3.8) is 0 Å². The molecule has 0 radical (unpaired) electrons. The Kier molecular flexibility index (Phi) is 5.06. The smallest absolute Gasteiger partial charge is 0.309 e. The van der Waals surface area contributed by atoms with Gasteiger partial charge in [0.15, 0.2) is 0 Å². The topological polar surface area (TPSA) is 93.5 Å². The van der Waals surface area contributed by atoms with Gasteiger partial charge in [-0.1, -0.05) is 0 Å². The Morgan fingerprint density at radius 2 is 2.07 bits per heavy atom. The lowest BCUT2D eigenvalue weighted by Gasteiger charge is -2.10. The summed E-state index contributed by atoms with van der Waals surface area (Å²) in [6.07, 6.45) is 2.00. The molecule has 2 amide bonds. The predicted molar refractivity (Wildman–Crippen MR) is 54.0 cm³/mol. The first-order valence-electron chi connectivity index (χ1n) is 5.11. The molecule has 1 unspecified atom stereocenters. The van der Waals surface area contributed by atoms with Gasteiger partial charge in [0, 0.05) is 26.2 Å². The van der Waals surface area contributed by atoms with Crippen molar-refractivity contribution in [1.82, 2.24) is 10.6 Å². The van der Waals surface area contributed by atoms with Crippen molar-refractivity contribution in [2.75, 3.05) is 26.2 Å². The van der Waals surface area contributed by atoms with E-state index in [0.29, 0.717) is 19.6 Å². The van der Waals surface area contributed by atoms with Crippen LogP contribution in [0.4, 0.5) is 0 Å². The van der Waals surface area contributed by atoms with E-state index >= 15 is 0 Å². The molecule has 0 aromatic heterocycles. The number of rotatable bonds is 4. The zero-order chi connectivity index (χ0) is 11.1. The number of amides is 2. The molecule has 0 aliphatic carbocycles. The summed E-state index contributed by atoms with van der Waals surface area (Å²) in [5.41, 5.74) is 5.18. The molecule has 4 N–H and O–H groups in total. The minimum Gasteiger partial charge on any atom is -0.376 e. The van der Waals surface area contributed by atoms with E-state index < -0.39 is 11.8 Å². The Balaban J connectivity index is 2.14. The maximum absolute atomic E-state index is 11.2. The molecule has 1 fully saturated rings. The second-order valence-corrected chi connectivity index (χ2v) is 3.39. The number of carbonyl (C=O) groups is 2. The zero-order valence-corrected chi connectivity index (χ0v) is 8.62. The van der Waals surface area contributed by atoms with Crippen LogP contribution in [0.1, 0.15) is 12.8 Å². The van der Waals surface area contributed by atoms with Crippen molar-refractivity contribution in [3.05, 3.63) is 0 Å². The molecule has 0 aromatic carbocycles. The molecule has 6 heteroatoms. The van der Waals surface area contributed by atoms with Gasteiger partial charge < -0.3 is 21.1 Å². The number of nitrogens with two attached hydrogens (primary N) is 1. The number of ether oxygens (including phenoxy) is 1. The molecule has 86 valence electrons. The average molecular weight is 215 g/mol. The second kappa shape index (κ2) is 6.36. The van der Waals surface area contributed by atoms with E-state index in [0.717, 1.165) is 19.4 Å². The maximum Gasteiger partial charge on any atom is 0.309 e. The molecule has 1 aliphatic rings. The van der Waals surface area contributed by atoms with Gasteiger partial charge in [0.2, 0.25) is 0 Å². The van der Waals surface area contributed by atoms with Crippen LogP contribution in [-0.2, 0) is 14.3 Å². The summed E-state index contributed by atoms with van der Waals surface area (Å²) in [6, 6.07) is 0. The lowest BCUT2D eigenvalue weighted by atomic mass is 10.2. The molecular formula is C9H17N3O3. The molecular weight excluding hydrogens is 198 g/mol. The van der Waals surface area contributed by atoms with Gasteiger partial charge in [-0.15, -0.1) is 0 Å². The standard InChI is InChI=1S/C9H17N3O3/c10-3-4-11-8(13)9(14)12-6-7-2-1-5-15-7/h7H,1-6,10H2,(H,11,13)(H,12,14). The number of carbonyl (C=O) groups excluding carboxylic acids is 2. The normalized spacial score (nSPS) is 19.9. The van der Waals surface area contributed by atoms with Crippen molar-refractivity contribution in [2.24, 2.45) is 5.73 Å². The number of hydrogen-bond donors (Lipinski definition) is 3. The molecule has 6 nitrogen and oxygen atoms in total. The minimum atomic E-state index is -0.640. The Hall–Kier alpha value is -1.14. The molecule has 1 atom stereocenters. The van der Waals surface area contributed by atoms with E-state index in [1.165, 1.54) is 0 Å². The van der Waals surface area contributed by atoms with Gasteiger partial charge in [-0.2, -0.15) is 0 Å². The largest absolute Gasteiger partial charge is 0.376 e. The van der Waals surface area contributed by atoms with Gasteiger partial charge >= 0.3 is 11.8 Å². The first-order chi connectivity index (χ1) is 7.24. The fourth-order valence-corrected chi connectivity index (χ4v) is 1.36. The van der Waals surface area contributed by atoms with E-state index in [-0.39, 0.29) is 6.10 Å². The van der Waals surface area contributed by atoms with E-state index in [2.05, 4.69) is 10.6 Å². The van der Waals surface area contributed by atoms with Crippen LogP contribution in [0.25, 0.3) is 0 Å². The van der Waals surface area contributed by atoms with Crippen molar-refractivity contribution in [2.45, 2.75) is 18.9 Å². The van der Waals surface area contributed by atoms with Gasteiger partial charge in [0.25, 0.3) is 0 Å². The van der Waals surface area contributed by atoms with Gasteiger partial charge in [-0.3, -0.25) is 9.59 Å². The zero-order valence-electron chi connectivity index (χ0n) is 8.62. The third-order valence-corrected chi connectivity index (χ3v) is 2.15. The van der Waals surface area contributed by atoms with Gasteiger partial charge in [0.1, 0.15) is 0 Å². The summed E-state index contributed by atoms with van der Waals surface area (Å²) < 4.78 is 5.30. The summed E-state index contributed by atoms with van der Waals surface area (Å²) in [5.74, 6) is -1.27. The third kappa shape index (κ3) is 4.26. The summed E-state index contributed by atoms with van der Waals surface area (Å²) >= 11 is 0. The molecule has 0 bridgehead atoms. The lowest BCUT2D eigenvalue weighted by molar-refractivity contribution is -0.139. The van der Waals surface area contributed by atoms with Crippen LogP contribution in [0.5, 0.6) is 0 Å². The Morgan fingerprint density at radius 1 is 1.33 bits per heavy atom. The van der Waals surface area contributed by atoms with E-state index in [4.69, 9.17) is 10.5 Å². The highest BCUT2D eigenvalue weighted by Gasteiger charge is 2.18. The second-order valence-electron chi connectivity index (χ2n) is 3.39. The fourth-order valence-electron chi connectivity index (χ4n) is 1.36. The molecule has 1 saturated heterocycles. The molecule has 0 aromatic rings. The van der Waals surface area contributed by atoms with Crippen molar-refractivity contribution < 1.29 is 14.3 Å². The molecule has 15 heavy (non-hydrogen) atoms. The average Bonchev–Trinajstić information content (AvgIpc) is 2.75. The van der Waals surface area contributed by atoms with Gasteiger partial charge in [-0.05, 0) is 12.8 Å². The summed E-state index contributed by atoms with van der Waals surface area (Å²) in [6.45, 7) is 1.77. The van der Waals surface area contributed by atoms with Crippen molar-refractivity contribution in [3.8, 4) is 0 Å². The van der Waals surface area contributed by atoms with Crippen LogP contribution >= 0.6 is 0 Å². The highest BCUT2D eigenvalue weighted by atomic mass is 16.5. The summed E-state index contributed by atoms with van der Waals surface area (Å²) in [7, 11) is 0. The van der Waals surface area contributed by atoms with Crippen LogP contribution in [-0.4, -0.2) is 44.2 Å². The fraction of sp³-hybridized carbons (Fsp3) is 0.778. The molecule has 0 saturated carbocycles. The van der Waals surface area contributed by atoms with Gasteiger partial charge in [0.05, 0.1) is 6.10 Å². The van der Waals surface area contributed by atoms with Crippen LogP contribution in [0, 0.1) is 0 Å². The highest BCUT2D eigenvalue weighted by Crippen LogP contribution is 2.10. The monoisotopic (exact) mass is 215 g/mol. The van der Waals surface area contributed by atoms with Crippen LogP contribution < -0.4 is 16.4 Å². The lowest BCUT2D eigenvalue weighted by Crippen LogP contribution is -2.43. The van der Waals surface area contributed by atoms with Gasteiger partial charge in [-0.25, -0.2) is 0 Å². The molecule has 1 aliphatic heterocycles. The predicted octanol–water partition coefficient (Wildman–Crippen LogP) is -1.64. The first-order valence-corrected chi connectivity index (χ1v) is 5.11. The Labute approximate surface area is 88.5 Å². The quantitative estimate of drug-likeness (QED) is 0.490. The van der Waals surface area contributed by atoms with E-state index in [1.807, 2.05) is 0 Å². The third-order valence-electron chi connectivity index (χ3n) is 2.15. The summed E-state index contributed by atoms with van der Waals surface area (Å²) in [5, 5.41) is 4.91. The molecule has 0 spiro atoms. The van der Waals surface area contributed by atoms with Crippen LogP contribution in [0.15, 0.2) is 0 Å². The first kappa shape index (κ1) is 11.9. The molecule has 1 heterocycles. The number of hydrogen-bond acceptors (Lipinski definition) is 4. The summed E-state index contributed by atoms with van der Waals surface area (Å²) in [4.78, 5) is 22.3. The van der Waals surface area contributed by atoms with E-state index in [9.17, 15) is 9.59 Å². The Morgan fingerprint density at radius 3 is 2.67 bits per heavy atom. The molecule has 1 rings (SSSR count). The van der Waals surface area contributed by atoms with Crippen molar-refractivity contribution >= 4 is 11.8 Å². The number of nitrogens with one attached hydrogen (secondary N) is 2. The minimum absolute atomic E-state index is 0.0521. The van der Waals surface area contributed by atoms with E-state index in [1.54, 1.807) is 0 Å². The van der Waals surface area contributed by atoms with Crippen LogP contribution in [0.3, 0.4) is 0 Å². The SMILES string of the molecule is NCCNC(=O)C(=O)NCC1CCCO1. The Bertz CT molecular complexity index is 227. The highest BCUT2D eigenvalue weighted by molar-refractivity contribution is 6.35. The van der Waals surface area contributed by atoms with Crippen LogP contribution in [0.2, 0.25) is 0 Å².